The number of hydrogen-bond donors (Lipinski definition) is 0. The average Bonchev–Trinajstić information content (AvgIpc) is 2.69. The molecule has 0 aliphatic rings. The molecule has 17 heavy (non-hydrogen) atoms. The van der Waals surface area contributed by atoms with E-state index in [1.165, 1.54) is 16.9 Å². The van der Waals surface area contributed by atoms with Crippen LogP contribution in [0.3, 0.4) is 0 Å². The maximum Gasteiger partial charge on any atom is 0.163 e. The fraction of sp³-hybridized carbons (Fsp3) is 0.154. The van der Waals surface area contributed by atoms with E-state index in [0.29, 0.717) is 10.6 Å². The van der Waals surface area contributed by atoms with Crippen LogP contribution in [0.5, 0.6) is 0 Å². The zero-order valence-electron chi connectivity index (χ0n) is 9.27. The van der Waals surface area contributed by atoms with Gasteiger partial charge in [-0.15, -0.1) is 23.1 Å². The first-order valence-corrected chi connectivity index (χ1v) is 7.37. The first kappa shape index (κ1) is 12.7. The standard InChI is InChI=1S/C13H11ClOS2/c1-9(15)12-11(14)8-17-13(12)16-7-10-5-3-2-4-6-10/h2-6,8H,7H2,1H3. The summed E-state index contributed by atoms with van der Waals surface area (Å²) < 4.78 is 1.01. The van der Waals surface area contributed by atoms with Gasteiger partial charge in [0.15, 0.2) is 5.78 Å². The van der Waals surface area contributed by atoms with Gasteiger partial charge < -0.3 is 0 Å². The molecule has 1 aromatic carbocycles. The molecule has 1 nitrogen and oxygen atoms in total. The lowest BCUT2D eigenvalue weighted by molar-refractivity contribution is 0.101. The second kappa shape index (κ2) is 5.71. The van der Waals surface area contributed by atoms with Gasteiger partial charge in [-0.25, -0.2) is 0 Å². The topological polar surface area (TPSA) is 17.1 Å². The fourth-order valence-corrected chi connectivity index (χ4v) is 4.12. The summed E-state index contributed by atoms with van der Waals surface area (Å²) in [7, 11) is 0. The first-order valence-electron chi connectivity index (χ1n) is 5.13. The lowest BCUT2D eigenvalue weighted by atomic mass is 10.2. The average molecular weight is 283 g/mol. The van der Waals surface area contributed by atoms with Crippen molar-refractivity contribution in [2.24, 2.45) is 0 Å². The fourth-order valence-electron chi connectivity index (χ4n) is 1.46. The Balaban J connectivity index is 2.12. The van der Waals surface area contributed by atoms with Crippen molar-refractivity contribution in [3.8, 4) is 0 Å². The Morgan fingerprint density at radius 3 is 2.71 bits per heavy atom. The van der Waals surface area contributed by atoms with Crippen LogP contribution < -0.4 is 0 Å². The minimum absolute atomic E-state index is 0.0341. The Labute approximate surface area is 114 Å². The molecule has 0 fully saturated rings. The van der Waals surface area contributed by atoms with Gasteiger partial charge in [0.05, 0.1) is 14.8 Å². The molecule has 0 radical (unpaired) electrons. The molecule has 0 atom stereocenters. The highest BCUT2D eigenvalue weighted by atomic mass is 35.5. The number of carbonyl (C=O) groups excluding carboxylic acids is 1. The quantitative estimate of drug-likeness (QED) is 0.586. The lowest BCUT2D eigenvalue weighted by Gasteiger charge is -2.01. The minimum atomic E-state index is 0.0341. The van der Waals surface area contributed by atoms with Crippen LogP contribution in [0.1, 0.15) is 22.8 Å². The number of Topliss-reactive ketones (excluding diaryl/α,β-unsaturated/α-hetero) is 1. The molecule has 0 N–H and O–H groups in total. The zero-order chi connectivity index (χ0) is 12.3. The molecular weight excluding hydrogens is 272 g/mol. The number of benzene rings is 1. The van der Waals surface area contributed by atoms with Gasteiger partial charge >= 0.3 is 0 Å². The molecule has 1 heterocycles. The molecule has 0 amide bonds. The highest BCUT2D eigenvalue weighted by molar-refractivity contribution is 8.00. The Bertz CT molecular complexity index is 519. The molecule has 2 rings (SSSR count). The number of ketones is 1. The zero-order valence-corrected chi connectivity index (χ0v) is 11.7. The predicted octanol–water partition coefficient (Wildman–Crippen LogP) is 4.90. The second-order valence-electron chi connectivity index (χ2n) is 3.58. The maximum absolute atomic E-state index is 11.5. The van der Waals surface area contributed by atoms with E-state index >= 15 is 0 Å². The summed E-state index contributed by atoms with van der Waals surface area (Å²) in [6.45, 7) is 1.56. The summed E-state index contributed by atoms with van der Waals surface area (Å²) >= 11 is 9.19. The normalized spacial score (nSPS) is 10.5. The molecule has 0 saturated carbocycles. The number of thiophene rings is 1. The summed E-state index contributed by atoms with van der Waals surface area (Å²) in [5.41, 5.74) is 1.91. The van der Waals surface area contributed by atoms with Crippen LogP contribution in [0, 0.1) is 0 Å². The number of thioether (sulfide) groups is 1. The van der Waals surface area contributed by atoms with Crippen molar-refractivity contribution in [2.45, 2.75) is 16.9 Å². The molecule has 4 heteroatoms. The van der Waals surface area contributed by atoms with Crippen molar-refractivity contribution < 1.29 is 4.79 Å². The van der Waals surface area contributed by atoms with E-state index in [9.17, 15) is 4.79 Å². The van der Waals surface area contributed by atoms with E-state index < -0.39 is 0 Å². The molecule has 0 saturated heterocycles. The van der Waals surface area contributed by atoms with Crippen molar-refractivity contribution in [2.75, 3.05) is 0 Å². The maximum atomic E-state index is 11.5. The molecule has 0 unspecified atom stereocenters. The van der Waals surface area contributed by atoms with Gasteiger partial charge in [-0.2, -0.15) is 0 Å². The molecule has 0 aliphatic heterocycles. The van der Waals surface area contributed by atoms with Crippen molar-refractivity contribution in [1.29, 1.82) is 0 Å². The van der Waals surface area contributed by atoms with E-state index in [1.807, 2.05) is 23.6 Å². The van der Waals surface area contributed by atoms with Crippen LogP contribution in [-0.4, -0.2) is 5.78 Å². The van der Waals surface area contributed by atoms with E-state index in [2.05, 4.69) is 12.1 Å². The molecule has 2 aromatic rings. The van der Waals surface area contributed by atoms with Crippen molar-refractivity contribution in [3.63, 3.8) is 0 Å². The number of carbonyl (C=O) groups is 1. The van der Waals surface area contributed by atoms with Gasteiger partial charge in [0.2, 0.25) is 0 Å². The van der Waals surface area contributed by atoms with Crippen molar-refractivity contribution in [1.82, 2.24) is 0 Å². The molecule has 0 aliphatic carbocycles. The third-order valence-electron chi connectivity index (χ3n) is 2.28. The Kier molecular flexibility index (Phi) is 4.26. The van der Waals surface area contributed by atoms with Crippen LogP contribution >= 0.6 is 34.7 Å². The highest BCUT2D eigenvalue weighted by Gasteiger charge is 2.14. The largest absolute Gasteiger partial charge is 0.294 e. The Morgan fingerprint density at radius 1 is 1.35 bits per heavy atom. The van der Waals surface area contributed by atoms with Gasteiger partial charge in [-0.1, -0.05) is 41.9 Å². The van der Waals surface area contributed by atoms with E-state index in [4.69, 9.17) is 11.6 Å². The van der Waals surface area contributed by atoms with Gasteiger partial charge in [0, 0.05) is 11.1 Å². The first-order chi connectivity index (χ1) is 8.18. The monoisotopic (exact) mass is 282 g/mol. The van der Waals surface area contributed by atoms with Crippen LogP contribution in [0.15, 0.2) is 39.9 Å². The third-order valence-corrected chi connectivity index (χ3v) is 5.06. The van der Waals surface area contributed by atoms with Crippen molar-refractivity contribution >= 4 is 40.5 Å². The van der Waals surface area contributed by atoms with Gasteiger partial charge in [0.1, 0.15) is 0 Å². The van der Waals surface area contributed by atoms with Crippen molar-refractivity contribution in [3.05, 3.63) is 51.9 Å². The second-order valence-corrected chi connectivity index (χ2v) is 6.11. The summed E-state index contributed by atoms with van der Waals surface area (Å²) in [6, 6.07) is 10.2. The molecule has 88 valence electrons. The van der Waals surface area contributed by atoms with E-state index in [-0.39, 0.29) is 5.78 Å². The number of halogens is 1. The number of rotatable bonds is 4. The van der Waals surface area contributed by atoms with Gasteiger partial charge in [0.25, 0.3) is 0 Å². The van der Waals surface area contributed by atoms with E-state index in [1.54, 1.807) is 18.7 Å². The molecule has 0 bridgehead atoms. The highest BCUT2D eigenvalue weighted by Crippen LogP contribution is 2.36. The SMILES string of the molecule is CC(=O)c1c(Cl)csc1SCc1ccccc1. The van der Waals surface area contributed by atoms with Crippen LogP contribution in [0.25, 0.3) is 0 Å². The minimum Gasteiger partial charge on any atom is -0.294 e. The lowest BCUT2D eigenvalue weighted by Crippen LogP contribution is -1.92. The summed E-state index contributed by atoms with van der Waals surface area (Å²) in [5.74, 6) is 0.893. The third kappa shape index (κ3) is 3.12. The molecule has 1 aromatic heterocycles. The molecule has 0 spiro atoms. The van der Waals surface area contributed by atoms with Crippen LogP contribution in [0.4, 0.5) is 0 Å². The smallest absolute Gasteiger partial charge is 0.163 e. The number of hydrogen-bond acceptors (Lipinski definition) is 3. The predicted molar refractivity (Wildman–Crippen MR) is 75.3 cm³/mol. The van der Waals surface area contributed by atoms with Gasteiger partial charge in [-0.3, -0.25) is 4.79 Å². The Morgan fingerprint density at radius 2 is 2.06 bits per heavy atom. The van der Waals surface area contributed by atoms with E-state index in [0.717, 1.165) is 9.96 Å². The van der Waals surface area contributed by atoms with Crippen LogP contribution in [0.2, 0.25) is 5.02 Å². The summed E-state index contributed by atoms with van der Waals surface area (Å²) in [6.07, 6.45) is 0. The summed E-state index contributed by atoms with van der Waals surface area (Å²) in [5, 5.41) is 2.39. The van der Waals surface area contributed by atoms with Crippen LogP contribution in [-0.2, 0) is 5.75 Å². The molecular formula is C13H11ClOS2. The Hall–Kier alpha value is -0.770. The van der Waals surface area contributed by atoms with Gasteiger partial charge in [-0.05, 0) is 12.5 Å². The summed E-state index contributed by atoms with van der Waals surface area (Å²) in [4.78, 5) is 11.5.